The monoisotopic (exact) mass is 289 g/mol. The highest BCUT2D eigenvalue weighted by atomic mass is 35.5. The second kappa shape index (κ2) is 4.72. The molecule has 0 unspecified atom stereocenters. The summed E-state index contributed by atoms with van der Waals surface area (Å²) in [6.07, 6.45) is 1.71. The average molecular weight is 290 g/mol. The number of nitrogens with zero attached hydrogens (tertiary/aromatic N) is 1. The number of carbonyl (C=O) groups excluding carboxylic acids is 1. The third-order valence-electron chi connectivity index (χ3n) is 2.98. The van der Waals surface area contributed by atoms with E-state index in [1.165, 1.54) is 4.57 Å². The predicted octanol–water partition coefficient (Wildman–Crippen LogP) is 4.64. The van der Waals surface area contributed by atoms with E-state index in [9.17, 15) is 4.79 Å². The van der Waals surface area contributed by atoms with Gasteiger partial charge in [-0.15, -0.1) is 0 Å². The van der Waals surface area contributed by atoms with Crippen LogP contribution in [0.25, 0.3) is 10.9 Å². The van der Waals surface area contributed by atoms with E-state index in [-0.39, 0.29) is 5.91 Å². The summed E-state index contributed by atoms with van der Waals surface area (Å²) in [4.78, 5) is 12.4. The lowest BCUT2D eigenvalue weighted by Gasteiger charge is -2.06. The molecule has 2 nitrogen and oxygen atoms in total. The molecule has 1 heterocycles. The van der Waals surface area contributed by atoms with Crippen molar-refractivity contribution < 1.29 is 4.79 Å². The van der Waals surface area contributed by atoms with Crippen LogP contribution in [0.4, 0.5) is 0 Å². The van der Waals surface area contributed by atoms with Crippen molar-refractivity contribution >= 4 is 40.0 Å². The van der Waals surface area contributed by atoms with E-state index in [2.05, 4.69) is 0 Å². The molecule has 0 amide bonds. The Balaban J connectivity index is 2.21. The first-order chi connectivity index (χ1) is 9.18. The zero-order valence-corrected chi connectivity index (χ0v) is 11.3. The number of rotatable bonds is 1. The number of fused-ring (bicyclic) bond motifs is 1. The Labute approximate surface area is 120 Å². The smallest absolute Gasteiger partial charge is 0.262 e. The van der Waals surface area contributed by atoms with E-state index in [4.69, 9.17) is 23.2 Å². The van der Waals surface area contributed by atoms with Gasteiger partial charge in [-0.2, -0.15) is 0 Å². The van der Waals surface area contributed by atoms with E-state index < -0.39 is 0 Å². The molecule has 3 aromatic rings. The fourth-order valence-electron chi connectivity index (χ4n) is 2.05. The van der Waals surface area contributed by atoms with Gasteiger partial charge in [-0.3, -0.25) is 9.36 Å². The number of halogens is 2. The standard InChI is InChI=1S/C15H9Cl2NO/c16-12-7-6-10-8-9-18(14(10)13(12)17)15(19)11-4-2-1-3-5-11/h1-9H. The van der Waals surface area contributed by atoms with Gasteiger partial charge in [0.05, 0.1) is 15.6 Å². The largest absolute Gasteiger partial charge is 0.282 e. The molecule has 0 fully saturated rings. The Kier molecular flexibility index (Phi) is 3.05. The average Bonchev–Trinajstić information content (AvgIpc) is 2.88. The van der Waals surface area contributed by atoms with Crippen LogP contribution < -0.4 is 0 Å². The Morgan fingerprint density at radius 1 is 0.947 bits per heavy atom. The van der Waals surface area contributed by atoms with Crippen LogP contribution in [0.15, 0.2) is 54.7 Å². The lowest BCUT2D eigenvalue weighted by Crippen LogP contribution is -2.10. The topological polar surface area (TPSA) is 22.0 Å². The second-order valence-corrected chi connectivity index (χ2v) is 4.94. The zero-order chi connectivity index (χ0) is 13.4. The lowest BCUT2D eigenvalue weighted by atomic mass is 10.2. The van der Waals surface area contributed by atoms with Crippen molar-refractivity contribution in [2.24, 2.45) is 0 Å². The predicted molar refractivity (Wildman–Crippen MR) is 78.1 cm³/mol. The summed E-state index contributed by atoms with van der Waals surface area (Å²) in [5, 5.41) is 1.72. The summed E-state index contributed by atoms with van der Waals surface area (Å²) in [5.74, 6) is -0.125. The summed E-state index contributed by atoms with van der Waals surface area (Å²) in [6.45, 7) is 0. The van der Waals surface area contributed by atoms with Gasteiger partial charge in [0.15, 0.2) is 0 Å². The van der Waals surface area contributed by atoms with Crippen LogP contribution in [-0.2, 0) is 0 Å². The zero-order valence-electron chi connectivity index (χ0n) is 9.81. The minimum absolute atomic E-state index is 0.125. The van der Waals surface area contributed by atoms with E-state index in [0.29, 0.717) is 21.1 Å². The van der Waals surface area contributed by atoms with Gasteiger partial charge in [-0.25, -0.2) is 0 Å². The molecule has 0 aliphatic carbocycles. The van der Waals surface area contributed by atoms with E-state index in [1.807, 2.05) is 30.3 Å². The molecule has 0 atom stereocenters. The Bertz CT molecular complexity index is 762. The lowest BCUT2D eigenvalue weighted by molar-refractivity contribution is 0.0965. The molecule has 0 radical (unpaired) electrons. The van der Waals surface area contributed by atoms with E-state index >= 15 is 0 Å². The van der Waals surface area contributed by atoms with Crippen LogP contribution in [0.5, 0.6) is 0 Å². The van der Waals surface area contributed by atoms with Crippen molar-refractivity contribution in [3.63, 3.8) is 0 Å². The SMILES string of the molecule is O=C(c1ccccc1)n1ccc2ccc(Cl)c(Cl)c21. The van der Waals surface area contributed by atoms with Gasteiger partial charge >= 0.3 is 0 Å². The first-order valence-electron chi connectivity index (χ1n) is 5.73. The third-order valence-corrected chi connectivity index (χ3v) is 3.78. The normalized spacial score (nSPS) is 10.8. The number of hydrogen-bond acceptors (Lipinski definition) is 1. The highest BCUT2D eigenvalue weighted by Crippen LogP contribution is 2.31. The van der Waals surface area contributed by atoms with Crippen molar-refractivity contribution in [2.75, 3.05) is 0 Å². The summed E-state index contributed by atoms with van der Waals surface area (Å²) >= 11 is 12.2. The highest BCUT2D eigenvalue weighted by molar-refractivity contribution is 6.45. The van der Waals surface area contributed by atoms with Crippen LogP contribution in [0.2, 0.25) is 10.0 Å². The summed E-state index contributed by atoms with van der Waals surface area (Å²) in [6, 6.07) is 14.5. The van der Waals surface area contributed by atoms with Crippen LogP contribution in [0.3, 0.4) is 0 Å². The molecule has 2 aromatic carbocycles. The molecule has 1 aromatic heterocycles. The molecule has 0 N–H and O–H groups in total. The minimum Gasteiger partial charge on any atom is -0.282 e. The van der Waals surface area contributed by atoms with Crippen molar-refractivity contribution in [1.82, 2.24) is 4.57 Å². The maximum Gasteiger partial charge on any atom is 0.262 e. The van der Waals surface area contributed by atoms with Crippen LogP contribution in [0.1, 0.15) is 10.4 Å². The summed E-state index contributed by atoms with van der Waals surface area (Å²) in [7, 11) is 0. The van der Waals surface area contributed by atoms with Gasteiger partial charge < -0.3 is 0 Å². The fraction of sp³-hybridized carbons (Fsp3) is 0. The molecule has 0 bridgehead atoms. The molecule has 0 spiro atoms. The second-order valence-electron chi connectivity index (χ2n) is 4.16. The van der Waals surface area contributed by atoms with Crippen LogP contribution >= 0.6 is 23.2 Å². The van der Waals surface area contributed by atoms with Gasteiger partial charge in [0.2, 0.25) is 0 Å². The van der Waals surface area contributed by atoms with Crippen molar-refractivity contribution in [3.05, 3.63) is 70.3 Å². The number of benzene rings is 2. The number of hydrogen-bond donors (Lipinski definition) is 0. The third kappa shape index (κ3) is 2.03. The van der Waals surface area contributed by atoms with Gasteiger partial charge in [0, 0.05) is 17.1 Å². The Morgan fingerprint density at radius 2 is 1.68 bits per heavy atom. The highest BCUT2D eigenvalue weighted by Gasteiger charge is 2.14. The summed E-state index contributed by atoms with van der Waals surface area (Å²) < 4.78 is 1.53. The molecule has 19 heavy (non-hydrogen) atoms. The van der Waals surface area contributed by atoms with Crippen LogP contribution in [-0.4, -0.2) is 10.5 Å². The quantitative estimate of drug-likeness (QED) is 0.640. The van der Waals surface area contributed by atoms with Crippen molar-refractivity contribution in [3.8, 4) is 0 Å². The van der Waals surface area contributed by atoms with Gasteiger partial charge in [-0.05, 0) is 24.3 Å². The van der Waals surface area contributed by atoms with Gasteiger partial charge in [0.25, 0.3) is 5.91 Å². The van der Waals surface area contributed by atoms with Crippen molar-refractivity contribution in [1.29, 1.82) is 0 Å². The number of carbonyl (C=O) groups is 1. The number of aromatic nitrogens is 1. The minimum atomic E-state index is -0.125. The van der Waals surface area contributed by atoms with E-state index in [0.717, 1.165) is 5.39 Å². The Morgan fingerprint density at radius 3 is 2.42 bits per heavy atom. The molecule has 94 valence electrons. The molecule has 0 saturated carbocycles. The first-order valence-corrected chi connectivity index (χ1v) is 6.49. The molecule has 4 heteroatoms. The molecule has 3 rings (SSSR count). The van der Waals surface area contributed by atoms with Crippen LogP contribution in [0, 0.1) is 0 Å². The van der Waals surface area contributed by atoms with E-state index in [1.54, 1.807) is 24.4 Å². The first kappa shape index (κ1) is 12.3. The molecule has 0 saturated heterocycles. The fourth-order valence-corrected chi connectivity index (χ4v) is 2.47. The maximum absolute atomic E-state index is 12.4. The molecule has 0 aliphatic heterocycles. The molecule has 0 aliphatic rings. The van der Waals surface area contributed by atoms with Gasteiger partial charge in [-0.1, -0.05) is 47.5 Å². The molecular weight excluding hydrogens is 281 g/mol. The summed E-state index contributed by atoms with van der Waals surface area (Å²) in [5.41, 5.74) is 1.25. The molecular formula is C15H9Cl2NO. The Hall–Kier alpha value is -1.77. The van der Waals surface area contributed by atoms with Crippen molar-refractivity contribution in [2.45, 2.75) is 0 Å². The maximum atomic E-state index is 12.4. The van der Waals surface area contributed by atoms with Gasteiger partial charge in [0.1, 0.15) is 0 Å².